The Morgan fingerprint density at radius 2 is 2.00 bits per heavy atom. The number of carboxylic acid groups (broad SMARTS) is 1. The second-order valence-electron chi connectivity index (χ2n) is 9.30. The van der Waals surface area contributed by atoms with Crippen LogP contribution in [0.5, 0.6) is 5.75 Å². The number of pyridine rings is 1. The number of benzene rings is 1. The Hall–Kier alpha value is -3.29. The molecule has 3 N–H and O–H groups in total. The third kappa shape index (κ3) is 4.49. The van der Waals surface area contributed by atoms with Gasteiger partial charge in [-0.1, -0.05) is 26.8 Å². The van der Waals surface area contributed by atoms with Gasteiger partial charge in [0.25, 0.3) is 11.5 Å². The highest BCUT2D eigenvalue weighted by molar-refractivity contribution is 5.98. The molecule has 1 aromatic carbocycles. The molecule has 0 spiro atoms. The largest absolute Gasteiger partial charge is 0.490 e. The molecule has 1 amide bonds. The van der Waals surface area contributed by atoms with Crippen LogP contribution in [0.1, 0.15) is 49.3 Å². The lowest BCUT2D eigenvalue weighted by atomic mass is 9.87. The van der Waals surface area contributed by atoms with Crippen LogP contribution in [-0.2, 0) is 18.3 Å². The molecule has 8 heteroatoms. The third-order valence-corrected chi connectivity index (χ3v) is 6.10. The molecule has 1 atom stereocenters. The second-order valence-corrected chi connectivity index (χ2v) is 9.30. The number of fused-ring (bicyclic) bond motifs is 1. The first-order chi connectivity index (χ1) is 14.9. The molecule has 172 valence electrons. The fourth-order valence-electron chi connectivity index (χ4n) is 3.74. The van der Waals surface area contributed by atoms with Gasteiger partial charge in [0, 0.05) is 30.9 Å². The number of hydrogen-bond donors (Lipinski definition) is 3. The molecule has 0 unspecified atom stereocenters. The van der Waals surface area contributed by atoms with Crippen LogP contribution in [0.4, 0.5) is 5.69 Å². The molecule has 0 radical (unpaired) electrons. The first-order valence-corrected chi connectivity index (χ1v) is 10.7. The van der Waals surface area contributed by atoms with E-state index >= 15 is 0 Å². The maximum absolute atomic E-state index is 13.2. The van der Waals surface area contributed by atoms with E-state index in [1.807, 2.05) is 45.9 Å². The van der Waals surface area contributed by atoms with Gasteiger partial charge in [0.15, 0.2) is 0 Å². The van der Waals surface area contributed by atoms with Gasteiger partial charge in [0.1, 0.15) is 17.9 Å². The molecule has 1 aromatic heterocycles. The molecular formula is C24H31N3O5. The normalized spacial score (nSPS) is 14.1. The number of ether oxygens (including phenoxy) is 1. The van der Waals surface area contributed by atoms with Gasteiger partial charge in [0.2, 0.25) is 0 Å². The second kappa shape index (κ2) is 8.68. The summed E-state index contributed by atoms with van der Waals surface area (Å²) in [5.41, 5.74) is 2.19. The summed E-state index contributed by atoms with van der Waals surface area (Å²) in [5, 5.41) is 15.7. The SMILES string of the molecule is Cc1c(-c2ccc3c(c2)NCCO3)c(CC(=O)O)n(C)c(=O)c1C(=O)N[C@@H](C)C(C)(C)C. The molecule has 0 fully saturated rings. The van der Waals surface area contributed by atoms with Gasteiger partial charge in [-0.05, 0) is 42.5 Å². The fraction of sp³-hybridized carbons (Fsp3) is 0.458. The van der Waals surface area contributed by atoms with Crippen molar-refractivity contribution in [2.45, 2.75) is 47.1 Å². The van der Waals surface area contributed by atoms with E-state index in [2.05, 4.69) is 10.6 Å². The van der Waals surface area contributed by atoms with Crippen LogP contribution in [-0.4, -0.2) is 40.7 Å². The Labute approximate surface area is 187 Å². The maximum atomic E-state index is 13.2. The summed E-state index contributed by atoms with van der Waals surface area (Å²) in [6, 6.07) is 5.33. The van der Waals surface area contributed by atoms with Crippen molar-refractivity contribution < 1.29 is 19.4 Å². The molecule has 0 saturated heterocycles. The van der Waals surface area contributed by atoms with Crippen LogP contribution in [0.2, 0.25) is 0 Å². The molecule has 3 rings (SSSR count). The van der Waals surface area contributed by atoms with Crippen LogP contribution >= 0.6 is 0 Å². The number of hydrogen-bond acceptors (Lipinski definition) is 5. The van der Waals surface area contributed by atoms with Crippen molar-refractivity contribution >= 4 is 17.6 Å². The standard InChI is InChI=1S/C24H31N3O5/c1-13-20(15-7-8-18-16(11-15)25-9-10-32-18)17(12-19(28)29)27(6)23(31)21(13)22(30)26-14(2)24(3,4)5/h7-8,11,14,25H,9-10,12H2,1-6H3,(H,26,30)(H,28,29)/t14-/m0/s1. The molecule has 1 aliphatic heterocycles. The van der Waals surface area contributed by atoms with Crippen molar-refractivity contribution in [1.82, 2.24) is 9.88 Å². The zero-order valence-electron chi connectivity index (χ0n) is 19.5. The minimum atomic E-state index is -1.06. The van der Waals surface area contributed by atoms with Crippen molar-refractivity contribution in [3.05, 3.63) is 45.4 Å². The molecule has 0 saturated carbocycles. The quantitative estimate of drug-likeness (QED) is 0.658. The van der Waals surface area contributed by atoms with Gasteiger partial charge >= 0.3 is 5.97 Å². The highest BCUT2D eigenvalue weighted by Gasteiger charge is 2.28. The average molecular weight is 442 g/mol. The molecule has 2 heterocycles. The van der Waals surface area contributed by atoms with Gasteiger partial charge in [-0.25, -0.2) is 0 Å². The number of anilines is 1. The van der Waals surface area contributed by atoms with Gasteiger partial charge in [-0.3, -0.25) is 14.4 Å². The molecule has 1 aliphatic rings. The molecular weight excluding hydrogens is 410 g/mol. The van der Waals surface area contributed by atoms with Crippen LogP contribution in [0, 0.1) is 12.3 Å². The highest BCUT2D eigenvalue weighted by atomic mass is 16.5. The Balaban J connectivity index is 2.22. The monoisotopic (exact) mass is 441 g/mol. The summed E-state index contributed by atoms with van der Waals surface area (Å²) in [6.45, 7) is 10.8. The average Bonchev–Trinajstić information content (AvgIpc) is 2.70. The van der Waals surface area contributed by atoms with Crippen molar-refractivity contribution in [3.63, 3.8) is 0 Å². The molecule has 32 heavy (non-hydrogen) atoms. The molecule has 0 aliphatic carbocycles. The summed E-state index contributed by atoms with van der Waals surface area (Å²) in [4.78, 5) is 37.9. The first-order valence-electron chi connectivity index (χ1n) is 10.7. The van der Waals surface area contributed by atoms with Gasteiger partial charge < -0.3 is 25.0 Å². The number of aromatic nitrogens is 1. The van der Waals surface area contributed by atoms with Gasteiger partial charge in [-0.15, -0.1) is 0 Å². The Kier molecular flexibility index (Phi) is 6.34. The van der Waals surface area contributed by atoms with E-state index in [4.69, 9.17) is 4.74 Å². The summed E-state index contributed by atoms with van der Waals surface area (Å²) in [5.74, 6) is -0.814. The number of carbonyl (C=O) groups excluding carboxylic acids is 1. The first kappa shape index (κ1) is 23.4. The number of rotatable bonds is 5. The van der Waals surface area contributed by atoms with Gasteiger partial charge in [0.05, 0.1) is 12.1 Å². The van der Waals surface area contributed by atoms with Crippen LogP contribution in [0.25, 0.3) is 11.1 Å². The lowest BCUT2D eigenvalue weighted by Gasteiger charge is -2.28. The van der Waals surface area contributed by atoms with Crippen molar-refractivity contribution in [2.75, 3.05) is 18.5 Å². The summed E-state index contributed by atoms with van der Waals surface area (Å²) in [7, 11) is 1.51. The third-order valence-electron chi connectivity index (χ3n) is 6.10. The lowest BCUT2D eigenvalue weighted by molar-refractivity contribution is -0.136. The fourth-order valence-corrected chi connectivity index (χ4v) is 3.74. The predicted octanol–water partition coefficient (Wildman–Crippen LogP) is 2.96. The Morgan fingerprint density at radius 1 is 1.31 bits per heavy atom. The summed E-state index contributed by atoms with van der Waals surface area (Å²) >= 11 is 0. The van der Waals surface area contributed by atoms with E-state index in [0.29, 0.717) is 41.3 Å². The van der Waals surface area contributed by atoms with E-state index in [9.17, 15) is 19.5 Å². The van der Waals surface area contributed by atoms with Crippen molar-refractivity contribution in [1.29, 1.82) is 0 Å². The Bertz CT molecular complexity index is 1130. The minimum Gasteiger partial charge on any atom is -0.490 e. The number of carboxylic acids is 1. The van der Waals surface area contributed by atoms with E-state index in [1.165, 1.54) is 11.6 Å². The molecule has 8 nitrogen and oxygen atoms in total. The molecule has 2 aromatic rings. The smallest absolute Gasteiger partial charge is 0.309 e. The summed E-state index contributed by atoms with van der Waals surface area (Å²) < 4.78 is 6.92. The lowest BCUT2D eigenvalue weighted by Crippen LogP contribution is -2.44. The highest BCUT2D eigenvalue weighted by Crippen LogP contribution is 2.36. The maximum Gasteiger partial charge on any atom is 0.309 e. The van der Waals surface area contributed by atoms with Crippen molar-refractivity contribution in [3.8, 4) is 16.9 Å². The zero-order valence-corrected chi connectivity index (χ0v) is 19.5. The number of nitrogens with one attached hydrogen (secondary N) is 2. The number of nitrogens with zero attached hydrogens (tertiary/aromatic N) is 1. The zero-order chi connectivity index (χ0) is 23.8. The van der Waals surface area contributed by atoms with E-state index in [1.54, 1.807) is 6.92 Å². The number of carbonyl (C=O) groups is 2. The van der Waals surface area contributed by atoms with Crippen molar-refractivity contribution in [2.24, 2.45) is 12.5 Å². The van der Waals surface area contributed by atoms with Gasteiger partial charge in [-0.2, -0.15) is 0 Å². The predicted molar refractivity (Wildman–Crippen MR) is 124 cm³/mol. The number of aliphatic carboxylic acids is 1. The van der Waals surface area contributed by atoms with Crippen LogP contribution in [0.15, 0.2) is 23.0 Å². The number of amides is 1. The van der Waals surface area contributed by atoms with E-state index < -0.39 is 17.4 Å². The summed E-state index contributed by atoms with van der Waals surface area (Å²) in [6.07, 6.45) is -0.344. The van der Waals surface area contributed by atoms with E-state index in [-0.39, 0.29) is 23.4 Å². The topological polar surface area (TPSA) is 110 Å². The van der Waals surface area contributed by atoms with E-state index in [0.717, 1.165) is 5.69 Å². The van der Waals surface area contributed by atoms with Crippen LogP contribution in [0.3, 0.4) is 0 Å². The minimum absolute atomic E-state index is 0.0228. The Morgan fingerprint density at radius 3 is 2.62 bits per heavy atom. The molecule has 0 bridgehead atoms. The van der Waals surface area contributed by atoms with Crippen LogP contribution < -0.4 is 20.9 Å².